The topological polar surface area (TPSA) is 69.7 Å². The molecule has 2 atom stereocenters. The zero-order valence-corrected chi connectivity index (χ0v) is 15.9. The van der Waals surface area contributed by atoms with Crippen molar-refractivity contribution < 1.29 is 14.4 Å². The van der Waals surface area contributed by atoms with E-state index in [0.717, 1.165) is 55.5 Å². The second-order valence-corrected chi connectivity index (χ2v) is 8.48. The highest BCUT2D eigenvalue weighted by molar-refractivity contribution is 7.10. The summed E-state index contributed by atoms with van der Waals surface area (Å²) >= 11 is 1.63. The summed E-state index contributed by atoms with van der Waals surface area (Å²) in [6.07, 6.45) is 6.46. The number of hydrogen-bond acceptors (Lipinski definition) is 4. The Hall–Kier alpha value is -1.89. The fourth-order valence-electron chi connectivity index (χ4n) is 4.66. The molecule has 1 N–H and O–H groups in total. The quantitative estimate of drug-likeness (QED) is 0.826. The second-order valence-electron chi connectivity index (χ2n) is 7.48. The molecule has 0 bridgehead atoms. The first-order chi connectivity index (χ1) is 12.6. The average Bonchev–Trinajstić information content (AvgIpc) is 3.22. The molecule has 2 aliphatic heterocycles. The van der Waals surface area contributed by atoms with Crippen LogP contribution in [0.4, 0.5) is 4.79 Å². The first kappa shape index (κ1) is 17.5. The van der Waals surface area contributed by atoms with Crippen LogP contribution in [0.15, 0.2) is 11.4 Å². The number of rotatable bonds is 3. The molecular formula is C19H25N3O3S. The maximum atomic E-state index is 13.2. The van der Waals surface area contributed by atoms with Crippen LogP contribution in [-0.4, -0.2) is 46.8 Å². The van der Waals surface area contributed by atoms with E-state index < -0.39 is 11.6 Å². The molecule has 4 rings (SSSR count). The molecule has 2 fully saturated rings. The predicted octanol–water partition coefficient (Wildman–Crippen LogP) is 2.62. The molecule has 140 valence electrons. The highest BCUT2D eigenvalue weighted by atomic mass is 32.1. The van der Waals surface area contributed by atoms with Crippen molar-refractivity contribution in [2.75, 3.05) is 13.1 Å². The SMILES string of the molecule is CCC1CCCCN1C(=O)CN1C(=O)NC2(CCCc3sccc32)C1=O. The number of fused-ring (bicyclic) bond motifs is 2. The lowest BCUT2D eigenvalue weighted by Gasteiger charge is -2.36. The summed E-state index contributed by atoms with van der Waals surface area (Å²) in [5, 5.41) is 4.90. The van der Waals surface area contributed by atoms with Crippen LogP contribution in [0.5, 0.6) is 0 Å². The van der Waals surface area contributed by atoms with Crippen LogP contribution in [-0.2, 0) is 21.5 Å². The first-order valence-electron chi connectivity index (χ1n) is 9.57. The van der Waals surface area contributed by atoms with Crippen molar-refractivity contribution in [3.8, 4) is 0 Å². The van der Waals surface area contributed by atoms with Crippen LogP contribution in [0, 0.1) is 0 Å². The van der Waals surface area contributed by atoms with Gasteiger partial charge in [0.1, 0.15) is 12.1 Å². The molecule has 1 aromatic heterocycles. The number of amides is 4. The van der Waals surface area contributed by atoms with Gasteiger partial charge >= 0.3 is 6.03 Å². The smallest absolute Gasteiger partial charge is 0.325 e. The molecule has 1 aromatic rings. The number of nitrogens with one attached hydrogen (secondary N) is 1. The van der Waals surface area contributed by atoms with Gasteiger partial charge in [-0.15, -0.1) is 11.3 Å². The Labute approximate surface area is 157 Å². The molecule has 26 heavy (non-hydrogen) atoms. The number of carbonyl (C=O) groups excluding carboxylic acids is 3. The van der Waals surface area contributed by atoms with Gasteiger partial charge in [0.2, 0.25) is 5.91 Å². The lowest BCUT2D eigenvalue weighted by molar-refractivity contribution is -0.141. The van der Waals surface area contributed by atoms with Crippen molar-refractivity contribution in [1.29, 1.82) is 0 Å². The summed E-state index contributed by atoms with van der Waals surface area (Å²) in [5.74, 6) is -0.376. The number of imide groups is 1. The maximum absolute atomic E-state index is 13.2. The van der Waals surface area contributed by atoms with E-state index in [2.05, 4.69) is 12.2 Å². The van der Waals surface area contributed by atoms with E-state index in [4.69, 9.17) is 0 Å². The molecule has 0 radical (unpaired) electrons. The molecule has 1 spiro atoms. The molecular weight excluding hydrogens is 350 g/mol. The minimum Gasteiger partial charge on any atom is -0.338 e. The van der Waals surface area contributed by atoms with E-state index in [1.54, 1.807) is 11.3 Å². The molecule has 7 heteroatoms. The lowest BCUT2D eigenvalue weighted by Crippen LogP contribution is -2.50. The molecule has 1 aliphatic carbocycles. The third kappa shape index (κ3) is 2.64. The Morgan fingerprint density at radius 2 is 2.19 bits per heavy atom. The number of likely N-dealkylation sites (tertiary alicyclic amines) is 1. The van der Waals surface area contributed by atoms with Crippen LogP contribution >= 0.6 is 11.3 Å². The molecule has 4 amide bonds. The van der Waals surface area contributed by atoms with E-state index in [0.29, 0.717) is 6.42 Å². The number of urea groups is 1. The Morgan fingerprint density at radius 3 is 3.00 bits per heavy atom. The Bertz CT molecular complexity index is 746. The van der Waals surface area contributed by atoms with Gasteiger partial charge < -0.3 is 10.2 Å². The van der Waals surface area contributed by atoms with E-state index in [9.17, 15) is 14.4 Å². The molecule has 2 saturated heterocycles. The van der Waals surface area contributed by atoms with Crippen molar-refractivity contribution in [2.45, 2.75) is 63.5 Å². The second kappa shape index (κ2) is 6.68. The first-order valence-corrected chi connectivity index (χ1v) is 10.4. The normalized spacial score (nSPS) is 28.4. The highest BCUT2D eigenvalue weighted by Gasteiger charge is 2.54. The van der Waals surface area contributed by atoms with Gasteiger partial charge in [0.15, 0.2) is 0 Å². The van der Waals surface area contributed by atoms with Gasteiger partial charge in [0.05, 0.1) is 0 Å². The van der Waals surface area contributed by atoms with Gasteiger partial charge in [-0.2, -0.15) is 0 Å². The van der Waals surface area contributed by atoms with Gasteiger partial charge in [-0.3, -0.25) is 14.5 Å². The summed E-state index contributed by atoms with van der Waals surface area (Å²) in [6.45, 7) is 2.66. The summed E-state index contributed by atoms with van der Waals surface area (Å²) < 4.78 is 0. The van der Waals surface area contributed by atoms with Crippen molar-refractivity contribution in [1.82, 2.24) is 15.1 Å². The minimum absolute atomic E-state index is 0.113. The van der Waals surface area contributed by atoms with Crippen molar-refractivity contribution in [2.24, 2.45) is 0 Å². The van der Waals surface area contributed by atoms with Crippen LogP contribution in [0.1, 0.15) is 55.9 Å². The fraction of sp³-hybridized carbons (Fsp3) is 0.632. The zero-order valence-electron chi connectivity index (χ0n) is 15.1. The molecule has 6 nitrogen and oxygen atoms in total. The standard InChI is InChI=1S/C19H25N3O3S/c1-2-13-6-3-4-10-21(13)16(23)12-22-17(24)19(20-18(22)25)9-5-7-15-14(19)8-11-26-15/h8,11,13H,2-7,9-10,12H2,1H3,(H,20,25). The van der Waals surface area contributed by atoms with Gasteiger partial charge in [0.25, 0.3) is 5.91 Å². The molecule has 0 aromatic carbocycles. The van der Waals surface area contributed by atoms with E-state index in [1.807, 2.05) is 16.3 Å². The maximum Gasteiger partial charge on any atom is 0.325 e. The number of nitrogens with zero attached hydrogens (tertiary/aromatic N) is 2. The number of carbonyl (C=O) groups is 3. The van der Waals surface area contributed by atoms with Gasteiger partial charge in [-0.1, -0.05) is 6.92 Å². The third-order valence-corrected chi connectivity index (χ3v) is 7.03. The summed E-state index contributed by atoms with van der Waals surface area (Å²) in [7, 11) is 0. The van der Waals surface area contributed by atoms with E-state index >= 15 is 0 Å². The summed E-state index contributed by atoms with van der Waals surface area (Å²) in [5.41, 5.74) is -0.0387. The number of piperidine rings is 1. The predicted molar refractivity (Wildman–Crippen MR) is 98.8 cm³/mol. The molecule has 3 heterocycles. The average molecular weight is 375 g/mol. The minimum atomic E-state index is -0.961. The molecule has 3 aliphatic rings. The van der Waals surface area contributed by atoms with Crippen molar-refractivity contribution in [3.05, 3.63) is 21.9 Å². The van der Waals surface area contributed by atoms with Crippen LogP contribution < -0.4 is 5.32 Å². The van der Waals surface area contributed by atoms with Crippen LogP contribution in [0.3, 0.4) is 0 Å². The largest absolute Gasteiger partial charge is 0.338 e. The Morgan fingerprint density at radius 1 is 1.35 bits per heavy atom. The zero-order chi connectivity index (χ0) is 18.3. The highest BCUT2D eigenvalue weighted by Crippen LogP contribution is 2.42. The van der Waals surface area contributed by atoms with E-state index in [1.165, 1.54) is 4.88 Å². The number of thiophene rings is 1. The number of hydrogen-bond donors (Lipinski definition) is 1. The lowest BCUT2D eigenvalue weighted by atomic mass is 9.80. The van der Waals surface area contributed by atoms with Crippen LogP contribution in [0.2, 0.25) is 0 Å². The van der Waals surface area contributed by atoms with Gasteiger partial charge in [-0.05, 0) is 56.4 Å². The monoisotopic (exact) mass is 375 g/mol. The third-order valence-electron chi connectivity index (χ3n) is 6.05. The Balaban J connectivity index is 1.55. The molecule has 2 unspecified atom stereocenters. The van der Waals surface area contributed by atoms with Gasteiger partial charge in [0, 0.05) is 23.0 Å². The van der Waals surface area contributed by atoms with Crippen molar-refractivity contribution in [3.63, 3.8) is 0 Å². The Kier molecular flexibility index (Phi) is 4.50. The van der Waals surface area contributed by atoms with Crippen LogP contribution in [0.25, 0.3) is 0 Å². The number of aryl methyl sites for hydroxylation is 1. The summed E-state index contributed by atoms with van der Waals surface area (Å²) in [6, 6.07) is 1.73. The van der Waals surface area contributed by atoms with E-state index in [-0.39, 0.29) is 24.4 Å². The molecule has 0 saturated carbocycles. The fourth-order valence-corrected chi connectivity index (χ4v) is 5.66. The summed E-state index contributed by atoms with van der Waals surface area (Å²) in [4.78, 5) is 42.8. The van der Waals surface area contributed by atoms with Crippen molar-refractivity contribution >= 4 is 29.2 Å². The van der Waals surface area contributed by atoms with Gasteiger partial charge in [-0.25, -0.2) is 4.79 Å².